The normalized spacial score (nSPS) is 29.8. The molecule has 5 bridgehead atoms. The molecule has 9 atom stereocenters. The summed E-state index contributed by atoms with van der Waals surface area (Å²) >= 11 is 0. The van der Waals surface area contributed by atoms with Gasteiger partial charge in [-0.05, 0) is 69.2 Å². The number of methoxy groups -OCH3 is 2. The third kappa shape index (κ3) is 9.22. The number of ether oxygens (including phenoxy) is 4. The Morgan fingerprint density at radius 3 is 2.09 bits per heavy atom. The lowest BCUT2D eigenvalue weighted by Gasteiger charge is -2.38. The molecule has 3 aromatic rings. The van der Waals surface area contributed by atoms with Crippen LogP contribution in [-0.2, 0) is 30.3 Å². The van der Waals surface area contributed by atoms with Gasteiger partial charge >= 0.3 is 11.8 Å². The van der Waals surface area contributed by atoms with Gasteiger partial charge in [0.15, 0.2) is 5.75 Å². The highest BCUT2D eigenvalue weighted by Crippen LogP contribution is 2.58. The van der Waals surface area contributed by atoms with Gasteiger partial charge in [-0.25, -0.2) is 0 Å². The van der Waals surface area contributed by atoms with Crippen molar-refractivity contribution in [3.05, 3.63) is 81.7 Å². The maximum absolute atomic E-state index is 14.7. The second-order valence-electron chi connectivity index (χ2n) is 18.7. The van der Waals surface area contributed by atoms with Crippen molar-refractivity contribution in [2.75, 3.05) is 50.6 Å². The number of piperazine rings is 1. The number of nitrogens with zero attached hydrogens (tertiary/aromatic N) is 2. The Morgan fingerprint density at radius 1 is 0.848 bits per heavy atom. The van der Waals surface area contributed by atoms with Gasteiger partial charge in [0.05, 0.1) is 48.6 Å². The molecule has 0 saturated carbocycles. The van der Waals surface area contributed by atoms with Gasteiger partial charge in [0, 0.05) is 75.1 Å². The van der Waals surface area contributed by atoms with Gasteiger partial charge in [0.25, 0.3) is 11.7 Å². The summed E-state index contributed by atoms with van der Waals surface area (Å²) < 4.78 is 23.3. The van der Waals surface area contributed by atoms with Crippen LogP contribution in [0.3, 0.4) is 0 Å². The summed E-state index contributed by atoms with van der Waals surface area (Å²) in [5.74, 6) is -9.10. The minimum absolute atomic E-state index is 0.0526. The van der Waals surface area contributed by atoms with Gasteiger partial charge in [-0.2, -0.15) is 0 Å². The molecule has 0 spiro atoms. The zero-order chi connectivity index (χ0) is 48.7. The first-order valence-electron chi connectivity index (χ1n) is 22.6. The fraction of sp³-hybridized carbons (Fsp3) is 0.510. The molecule has 0 radical (unpaired) electrons. The molecule has 7 rings (SSSR count). The van der Waals surface area contributed by atoms with Crippen molar-refractivity contribution in [2.24, 2.45) is 29.6 Å². The second-order valence-corrected chi connectivity index (χ2v) is 18.7. The topological polar surface area (TPSA) is 208 Å². The lowest BCUT2D eigenvalue weighted by atomic mass is 9.73. The Balaban J connectivity index is 1.49. The molecule has 15 nitrogen and oxygen atoms in total. The van der Waals surface area contributed by atoms with E-state index in [0.29, 0.717) is 32.7 Å². The van der Waals surface area contributed by atoms with Crippen molar-refractivity contribution < 1.29 is 58.9 Å². The molecular formula is C51H67N3O12. The number of aryl methyl sites for hydroxylation is 3. The van der Waals surface area contributed by atoms with E-state index >= 15 is 0 Å². The summed E-state index contributed by atoms with van der Waals surface area (Å²) in [6.45, 7) is 20.2. The lowest BCUT2D eigenvalue weighted by molar-refractivity contribution is -0.155. The fourth-order valence-electron chi connectivity index (χ4n) is 10.0. The van der Waals surface area contributed by atoms with Crippen molar-refractivity contribution in [1.29, 1.82) is 0 Å². The molecule has 3 aromatic carbocycles. The van der Waals surface area contributed by atoms with Crippen LogP contribution in [0.1, 0.15) is 79.7 Å². The Labute approximate surface area is 387 Å². The van der Waals surface area contributed by atoms with Crippen LogP contribution in [0.25, 0.3) is 10.8 Å². The Hall–Kier alpha value is -5.61. The maximum Gasteiger partial charge on any atom is 0.312 e. The summed E-state index contributed by atoms with van der Waals surface area (Å²) in [7, 11) is 2.69. The first kappa shape index (κ1) is 49.8. The number of aromatic hydroxyl groups is 3. The SMILES string of the molecule is COC(=O)C1C(C)C(OC)/C=C\OC2(C)Oc3c(C)c(O)c4c(O)c(c(N5CCN(Cc6c(C)cc(C)cc6C)CC5)c(O)c4c3C2=O)NC(=O)/C(C)=C\C=C\C(C)C(O)C(C)C(O)C1C. The van der Waals surface area contributed by atoms with Gasteiger partial charge in [0.2, 0.25) is 0 Å². The highest BCUT2D eigenvalue weighted by Gasteiger charge is 2.50. The van der Waals surface area contributed by atoms with Crippen molar-refractivity contribution in [3.63, 3.8) is 0 Å². The largest absolute Gasteiger partial charge is 0.507 e. The van der Waals surface area contributed by atoms with Gasteiger partial charge in [-0.15, -0.1) is 0 Å². The van der Waals surface area contributed by atoms with Crippen molar-refractivity contribution >= 4 is 39.8 Å². The molecule has 15 heteroatoms. The van der Waals surface area contributed by atoms with Crippen LogP contribution in [0, 0.1) is 57.3 Å². The number of hydrogen-bond donors (Lipinski definition) is 6. The fourth-order valence-corrected chi connectivity index (χ4v) is 10.0. The second kappa shape index (κ2) is 19.7. The van der Waals surface area contributed by atoms with E-state index in [0.717, 1.165) is 0 Å². The number of phenolic OH excluding ortho intramolecular Hbond substituents is 3. The van der Waals surface area contributed by atoms with E-state index in [9.17, 15) is 39.9 Å². The monoisotopic (exact) mass is 913 g/mol. The number of amides is 1. The van der Waals surface area contributed by atoms with Gasteiger partial charge in [-0.1, -0.05) is 63.6 Å². The van der Waals surface area contributed by atoms with Gasteiger partial charge in [-0.3, -0.25) is 19.3 Å². The number of aliphatic hydroxyl groups excluding tert-OH is 2. The van der Waals surface area contributed by atoms with E-state index < -0.39 is 88.6 Å². The number of allylic oxidation sites excluding steroid dienone is 2. The van der Waals surface area contributed by atoms with Crippen molar-refractivity contribution in [3.8, 4) is 23.0 Å². The Kier molecular flexibility index (Phi) is 14.9. The first-order chi connectivity index (χ1) is 31.1. The number of fused-ring (bicyclic) bond motifs is 14. The number of aliphatic hydroxyl groups is 2. The zero-order valence-electron chi connectivity index (χ0n) is 40.2. The number of ketones is 1. The number of phenols is 3. The molecule has 9 unspecified atom stereocenters. The molecule has 66 heavy (non-hydrogen) atoms. The lowest BCUT2D eigenvalue weighted by Crippen LogP contribution is -2.46. The van der Waals surface area contributed by atoms with Gasteiger partial charge in [0.1, 0.15) is 28.6 Å². The van der Waals surface area contributed by atoms with E-state index in [1.54, 1.807) is 46.8 Å². The quantitative estimate of drug-likeness (QED) is 0.0879. The van der Waals surface area contributed by atoms with Crippen LogP contribution in [0.5, 0.6) is 23.0 Å². The summed E-state index contributed by atoms with van der Waals surface area (Å²) in [5, 5.41) is 62.0. The molecule has 4 aliphatic heterocycles. The van der Waals surface area contributed by atoms with Crippen LogP contribution < -0.4 is 15.0 Å². The molecule has 0 aliphatic carbocycles. The molecule has 0 aromatic heterocycles. The zero-order valence-corrected chi connectivity index (χ0v) is 40.2. The number of rotatable bonds is 5. The standard InChI is InChI=1S/C51H67N3O12/c1-25-22-28(4)34(29(5)23-25)24-53-17-19-54(20-18-53)41-40-45(58)38-37(46(41)59)39-47(33(9)44(38)57)66-51(10,48(39)60)65-21-16-35(63-11)30(6)36(50(62)64-12)31(7)43(56)32(8)42(55)26(2)14-13-15-27(3)49(61)52-40/h13-16,21-23,26,30-32,35-36,42-43,55-59H,17-20,24H2,1-12H3,(H,52,61)/b14-13+,21-16-,27-15-. The number of anilines is 2. The number of hydrogen-bond acceptors (Lipinski definition) is 14. The number of carbonyl (C=O) groups is 3. The highest BCUT2D eigenvalue weighted by atomic mass is 16.7. The third-order valence-electron chi connectivity index (χ3n) is 14.1. The van der Waals surface area contributed by atoms with E-state index in [4.69, 9.17) is 18.9 Å². The molecule has 1 fully saturated rings. The van der Waals surface area contributed by atoms with Gasteiger partial charge < -0.3 is 54.7 Å². The molecular weight excluding hydrogens is 847 g/mol. The van der Waals surface area contributed by atoms with Crippen molar-refractivity contribution in [2.45, 2.75) is 99.9 Å². The highest BCUT2D eigenvalue weighted by molar-refractivity contribution is 6.23. The first-order valence-corrected chi connectivity index (χ1v) is 22.6. The van der Waals surface area contributed by atoms with E-state index in [1.165, 1.54) is 68.7 Å². The third-order valence-corrected chi connectivity index (χ3v) is 14.1. The Morgan fingerprint density at radius 2 is 1.48 bits per heavy atom. The summed E-state index contributed by atoms with van der Waals surface area (Å²) in [6, 6.07) is 4.33. The molecule has 4 heterocycles. The number of nitrogens with one attached hydrogen (secondary N) is 1. The van der Waals surface area contributed by atoms with Crippen LogP contribution >= 0.6 is 0 Å². The average molecular weight is 914 g/mol. The average Bonchev–Trinajstić information content (AvgIpc) is 3.54. The summed E-state index contributed by atoms with van der Waals surface area (Å²) in [4.78, 5) is 46.3. The minimum atomic E-state index is -2.05. The van der Waals surface area contributed by atoms with Crippen LogP contribution in [0.15, 0.2) is 48.3 Å². The summed E-state index contributed by atoms with van der Waals surface area (Å²) in [6.07, 6.45) is 4.50. The molecule has 4 aliphatic rings. The summed E-state index contributed by atoms with van der Waals surface area (Å²) in [5.41, 5.74) is 4.83. The van der Waals surface area contributed by atoms with Crippen LogP contribution in [-0.4, -0.2) is 113 Å². The maximum atomic E-state index is 14.7. The number of Topliss-reactive ketones (excluding diaryl/α,β-unsaturated/α-hetero) is 1. The van der Waals surface area contributed by atoms with E-state index in [1.807, 2.05) is 4.90 Å². The van der Waals surface area contributed by atoms with Crippen molar-refractivity contribution in [1.82, 2.24) is 4.90 Å². The smallest absolute Gasteiger partial charge is 0.312 e. The molecule has 1 amide bonds. The molecule has 1 saturated heterocycles. The molecule has 6 N–H and O–H groups in total. The Bertz CT molecular complexity index is 2450. The predicted molar refractivity (Wildman–Crippen MR) is 252 cm³/mol. The number of carbonyl (C=O) groups excluding carboxylic acids is 3. The number of esters is 1. The van der Waals surface area contributed by atoms with Crippen LogP contribution in [0.2, 0.25) is 0 Å². The predicted octanol–water partition coefficient (Wildman–Crippen LogP) is 6.86. The minimum Gasteiger partial charge on any atom is -0.507 e. The number of benzene rings is 3. The van der Waals surface area contributed by atoms with E-state index in [-0.39, 0.29) is 44.6 Å². The molecule has 358 valence electrons. The van der Waals surface area contributed by atoms with Crippen LogP contribution in [0.4, 0.5) is 11.4 Å². The van der Waals surface area contributed by atoms with E-state index in [2.05, 4.69) is 43.1 Å².